The molecule has 0 bridgehead atoms. The average molecular weight is 467 g/mol. The molecule has 0 amide bonds. The number of thioether (sulfide) groups is 1. The summed E-state index contributed by atoms with van der Waals surface area (Å²) in [4.78, 5) is 14.5. The van der Waals surface area contributed by atoms with Crippen molar-refractivity contribution in [2.45, 2.75) is 19.8 Å². The summed E-state index contributed by atoms with van der Waals surface area (Å²) in [6.07, 6.45) is 2.39. The molecule has 1 saturated heterocycles. The largest absolute Gasteiger partial charge is 0.506 e. The third kappa shape index (κ3) is 4.69. The number of ketones is 1. The standard InChI is InChI=1S/C15H17Br2NO2S2/c1-9-3-2-4-18(7-9)15(21)22-8-13(19)11-5-10(16)6-12(17)14(11)20/h5-6,9,20H,2-4,7-8H2,1H3/t9-/m1/s1. The van der Waals surface area contributed by atoms with Crippen LogP contribution in [0.4, 0.5) is 0 Å². The van der Waals surface area contributed by atoms with Crippen molar-refractivity contribution in [3.05, 3.63) is 26.6 Å². The average Bonchev–Trinajstić information content (AvgIpc) is 2.48. The number of hydrogen-bond donors (Lipinski definition) is 1. The van der Waals surface area contributed by atoms with Crippen LogP contribution in [0.2, 0.25) is 0 Å². The van der Waals surface area contributed by atoms with Crippen molar-refractivity contribution in [1.29, 1.82) is 0 Å². The molecule has 1 fully saturated rings. The minimum absolute atomic E-state index is 0.0219. The third-order valence-electron chi connectivity index (χ3n) is 3.57. The van der Waals surface area contributed by atoms with E-state index >= 15 is 0 Å². The quantitative estimate of drug-likeness (QED) is 0.509. The summed E-state index contributed by atoms with van der Waals surface area (Å²) >= 11 is 13.4. The first-order valence-corrected chi connectivity index (χ1v) is 9.99. The van der Waals surface area contributed by atoms with Crippen molar-refractivity contribution in [2.75, 3.05) is 18.8 Å². The Bertz CT molecular complexity index is 595. The molecule has 1 atom stereocenters. The van der Waals surface area contributed by atoms with Gasteiger partial charge in [-0.05, 0) is 46.8 Å². The summed E-state index contributed by atoms with van der Waals surface area (Å²) in [5.41, 5.74) is 0.309. The topological polar surface area (TPSA) is 40.5 Å². The van der Waals surface area contributed by atoms with Gasteiger partial charge in [0.1, 0.15) is 10.1 Å². The van der Waals surface area contributed by atoms with E-state index in [-0.39, 0.29) is 17.3 Å². The van der Waals surface area contributed by atoms with Crippen LogP contribution in [0.25, 0.3) is 0 Å². The molecule has 1 aromatic rings. The zero-order valence-electron chi connectivity index (χ0n) is 12.1. The van der Waals surface area contributed by atoms with Crippen LogP contribution in [0, 0.1) is 5.92 Å². The lowest BCUT2D eigenvalue weighted by atomic mass is 10.0. The number of aromatic hydroxyl groups is 1. The van der Waals surface area contributed by atoms with Gasteiger partial charge >= 0.3 is 0 Å². The normalized spacial score (nSPS) is 18.3. The fourth-order valence-corrected chi connectivity index (χ4v) is 4.76. The first-order valence-electron chi connectivity index (χ1n) is 7.01. The van der Waals surface area contributed by atoms with Crippen LogP contribution in [0.1, 0.15) is 30.1 Å². The van der Waals surface area contributed by atoms with Crippen LogP contribution in [0.5, 0.6) is 5.75 Å². The molecule has 22 heavy (non-hydrogen) atoms. The number of Topliss-reactive ketones (excluding diaryl/α,β-unsaturated/α-hetero) is 1. The molecular formula is C15H17Br2NO2S2. The predicted molar refractivity (Wildman–Crippen MR) is 103 cm³/mol. The summed E-state index contributed by atoms with van der Waals surface area (Å²) in [7, 11) is 0. The molecule has 120 valence electrons. The monoisotopic (exact) mass is 465 g/mol. The van der Waals surface area contributed by atoms with E-state index in [4.69, 9.17) is 12.2 Å². The fourth-order valence-electron chi connectivity index (χ4n) is 2.43. The van der Waals surface area contributed by atoms with Crippen molar-refractivity contribution in [1.82, 2.24) is 4.90 Å². The third-order valence-corrected chi connectivity index (χ3v) is 6.16. The Morgan fingerprint density at radius 2 is 2.23 bits per heavy atom. The first-order chi connectivity index (χ1) is 10.4. The molecular weight excluding hydrogens is 450 g/mol. The molecule has 1 N–H and O–H groups in total. The van der Waals surface area contributed by atoms with E-state index in [2.05, 4.69) is 43.7 Å². The Morgan fingerprint density at radius 1 is 1.50 bits per heavy atom. The van der Waals surface area contributed by atoms with Crippen LogP contribution in [0.15, 0.2) is 21.1 Å². The summed E-state index contributed by atoms with van der Waals surface area (Å²) in [5, 5.41) is 10.0. The molecule has 0 aromatic heterocycles. The molecule has 1 heterocycles. The van der Waals surface area contributed by atoms with Crippen LogP contribution in [-0.2, 0) is 0 Å². The number of benzene rings is 1. The van der Waals surface area contributed by atoms with Gasteiger partial charge in [0, 0.05) is 17.6 Å². The summed E-state index contributed by atoms with van der Waals surface area (Å²) in [6, 6.07) is 3.34. The van der Waals surface area contributed by atoms with Crippen molar-refractivity contribution in [3.63, 3.8) is 0 Å². The Morgan fingerprint density at radius 3 is 2.91 bits per heavy atom. The van der Waals surface area contributed by atoms with Crippen molar-refractivity contribution < 1.29 is 9.90 Å². The van der Waals surface area contributed by atoms with Crippen LogP contribution in [0.3, 0.4) is 0 Å². The number of nitrogens with zero attached hydrogens (tertiary/aromatic N) is 1. The minimum atomic E-state index is -0.128. The molecule has 0 aliphatic carbocycles. The van der Waals surface area contributed by atoms with Crippen molar-refractivity contribution >= 4 is 65.9 Å². The number of phenols is 1. The number of rotatable bonds is 3. The number of carbonyl (C=O) groups is 1. The molecule has 3 nitrogen and oxygen atoms in total. The van der Waals surface area contributed by atoms with E-state index in [1.54, 1.807) is 12.1 Å². The van der Waals surface area contributed by atoms with Gasteiger partial charge in [0.2, 0.25) is 0 Å². The second-order valence-corrected chi connectivity index (χ2v) is 8.83. The molecule has 0 unspecified atom stereocenters. The number of likely N-dealkylation sites (tertiary alicyclic amines) is 1. The van der Waals surface area contributed by atoms with E-state index in [1.165, 1.54) is 18.2 Å². The second kappa shape index (κ2) is 8.13. The molecule has 0 radical (unpaired) electrons. The zero-order chi connectivity index (χ0) is 16.3. The van der Waals surface area contributed by atoms with E-state index in [9.17, 15) is 9.90 Å². The SMILES string of the molecule is C[C@@H]1CCCN(C(=S)SCC(=O)c2cc(Br)cc(Br)c2O)C1. The van der Waals surface area contributed by atoms with Crippen molar-refractivity contribution in [3.8, 4) is 5.75 Å². The van der Waals surface area contributed by atoms with Gasteiger partial charge < -0.3 is 10.0 Å². The fraction of sp³-hybridized carbons (Fsp3) is 0.467. The van der Waals surface area contributed by atoms with E-state index in [1.807, 2.05) is 0 Å². The van der Waals surface area contributed by atoms with Crippen LogP contribution >= 0.6 is 55.8 Å². The number of thiocarbonyl (C=S) groups is 1. The van der Waals surface area contributed by atoms with E-state index in [0.717, 1.165) is 28.3 Å². The number of phenolic OH excluding ortho intramolecular Hbond substituents is 1. The number of halogens is 2. The minimum Gasteiger partial charge on any atom is -0.506 e. The maximum absolute atomic E-state index is 12.3. The molecule has 2 rings (SSSR count). The predicted octanol–water partition coefficient (Wildman–Crippen LogP) is 4.85. The number of hydrogen-bond acceptors (Lipinski definition) is 4. The highest BCUT2D eigenvalue weighted by Gasteiger charge is 2.21. The Labute approximate surface area is 157 Å². The van der Waals surface area contributed by atoms with Gasteiger partial charge in [-0.1, -0.05) is 46.8 Å². The highest BCUT2D eigenvalue weighted by atomic mass is 79.9. The Kier molecular flexibility index (Phi) is 6.73. The van der Waals surface area contributed by atoms with Gasteiger partial charge in [0.05, 0.1) is 15.8 Å². The molecule has 1 aromatic carbocycles. The molecule has 1 aliphatic heterocycles. The van der Waals surface area contributed by atoms with Gasteiger partial charge in [-0.25, -0.2) is 0 Å². The van der Waals surface area contributed by atoms with Gasteiger partial charge in [-0.15, -0.1) is 0 Å². The van der Waals surface area contributed by atoms with Gasteiger partial charge in [0.25, 0.3) is 0 Å². The number of carbonyl (C=O) groups excluding carboxylic acids is 1. The summed E-state index contributed by atoms with van der Waals surface area (Å²) in [5.74, 6) is 0.733. The van der Waals surface area contributed by atoms with Gasteiger partial charge in [0.15, 0.2) is 5.78 Å². The van der Waals surface area contributed by atoms with Crippen LogP contribution in [-0.4, -0.2) is 39.0 Å². The molecule has 7 heteroatoms. The van der Waals surface area contributed by atoms with E-state index in [0.29, 0.717) is 16.0 Å². The van der Waals surface area contributed by atoms with E-state index < -0.39 is 0 Å². The lowest BCUT2D eigenvalue weighted by molar-refractivity contribution is 0.102. The highest BCUT2D eigenvalue weighted by molar-refractivity contribution is 9.11. The first kappa shape index (κ1) is 18.2. The summed E-state index contributed by atoms with van der Waals surface area (Å²) in [6.45, 7) is 4.16. The Hall–Kier alpha value is -0.110. The second-order valence-electron chi connectivity index (χ2n) is 5.45. The maximum Gasteiger partial charge on any atom is 0.176 e. The highest BCUT2D eigenvalue weighted by Crippen LogP contribution is 2.32. The Balaban J connectivity index is 1.97. The summed E-state index contributed by atoms with van der Waals surface area (Å²) < 4.78 is 2.02. The molecule has 0 spiro atoms. The zero-order valence-corrected chi connectivity index (χ0v) is 16.9. The maximum atomic E-state index is 12.3. The van der Waals surface area contributed by atoms with Gasteiger partial charge in [-0.2, -0.15) is 0 Å². The van der Waals surface area contributed by atoms with Gasteiger partial charge in [-0.3, -0.25) is 4.79 Å². The van der Waals surface area contributed by atoms with Crippen molar-refractivity contribution in [2.24, 2.45) is 5.92 Å². The van der Waals surface area contributed by atoms with Crippen LogP contribution < -0.4 is 0 Å². The molecule has 0 saturated carbocycles. The lowest BCUT2D eigenvalue weighted by Gasteiger charge is -2.32. The number of piperidine rings is 1. The molecule has 1 aliphatic rings. The lowest BCUT2D eigenvalue weighted by Crippen LogP contribution is -2.37. The smallest absolute Gasteiger partial charge is 0.176 e.